The molecule has 0 spiro atoms. The lowest BCUT2D eigenvalue weighted by atomic mass is 9.93. The largest absolute Gasteiger partial charge is 0.364 e. The van der Waals surface area contributed by atoms with Gasteiger partial charge in [0.05, 0.1) is 4.92 Å². The number of hydrogen-bond acceptors (Lipinski definition) is 4. The van der Waals surface area contributed by atoms with Crippen molar-refractivity contribution >= 4 is 11.4 Å². The summed E-state index contributed by atoms with van der Waals surface area (Å²) in [5.41, 5.74) is 7.66. The molecule has 18 heavy (non-hydrogen) atoms. The molecular weight excluding hydrogens is 230 g/mol. The van der Waals surface area contributed by atoms with E-state index in [2.05, 4.69) is 6.92 Å². The van der Waals surface area contributed by atoms with Gasteiger partial charge in [-0.25, -0.2) is 0 Å². The predicted molar refractivity (Wildman–Crippen MR) is 71.8 cm³/mol. The Hall–Kier alpha value is -1.62. The molecule has 5 heteroatoms. The average Bonchev–Trinajstić information content (AvgIpc) is 2.32. The predicted octanol–water partition coefficient (Wildman–Crippen LogP) is 2.08. The number of anilines is 1. The van der Waals surface area contributed by atoms with Crippen LogP contribution < -0.4 is 10.6 Å². The van der Waals surface area contributed by atoms with Crippen molar-refractivity contribution in [2.24, 2.45) is 11.7 Å². The molecule has 2 unspecified atom stereocenters. The van der Waals surface area contributed by atoms with E-state index in [1.165, 1.54) is 0 Å². The zero-order valence-electron chi connectivity index (χ0n) is 10.8. The topological polar surface area (TPSA) is 72.4 Å². The number of piperidine rings is 1. The zero-order chi connectivity index (χ0) is 13.3. The molecule has 1 saturated heterocycles. The molecule has 98 valence electrons. The molecule has 0 saturated carbocycles. The summed E-state index contributed by atoms with van der Waals surface area (Å²) in [6.07, 6.45) is 0.978. The van der Waals surface area contributed by atoms with Gasteiger partial charge >= 0.3 is 0 Å². The summed E-state index contributed by atoms with van der Waals surface area (Å²) in [5.74, 6) is 0.477. The van der Waals surface area contributed by atoms with Gasteiger partial charge in [-0.3, -0.25) is 10.1 Å². The van der Waals surface area contributed by atoms with Crippen LogP contribution in [0.5, 0.6) is 0 Å². The van der Waals surface area contributed by atoms with Crippen LogP contribution in [0.1, 0.15) is 18.9 Å². The highest BCUT2D eigenvalue weighted by atomic mass is 16.6. The Morgan fingerprint density at radius 1 is 1.50 bits per heavy atom. The molecule has 0 aromatic heterocycles. The lowest BCUT2D eigenvalue weighted by Crippen LogP contribution is -2.47. The molecule has 0 radical (unpaired) electrons. The summed E-state index contributed by atoms with van der Waals surface area (Å²) in [6.45, 7) is 5.42. The normalized spacial score (nSPS) is 24.1. The zero-order valence-corrected chi connectivity index (χ0v) is 10.8. The molecule has 1 aromatic carbocycles. The second kappa shape index (κ2) is 4.94. The van der Waals surface area contributed by atoms with Crippen molar-refractivity contribution in [2.75, 3.05) is 18.0 Å². The van der Waals surface area contributed by atoms with Gasteiger partial charge in [0.1, 0.15) is 5.69 Å². The molecule has 1 heterocycles. The van der Waals surface area contributed by atoms with Crippen LogP contribution in [0.2, 0.25) is 0 Å². The Kier molecular flexibility index (Phi) is 3.52. The maximum Gasteiger partial charge on any atom is 0.295 e. The van der Waals surface area contributed by atoms with Crippen LogP contribution in [0.15, 0.2) is 18.2 Å². The fraction of sp³-hybridized carbons (Fsp3) is 0.538. The van der Waals surface area contributed by atoms with Gasteiger partial charge < -0.3 is 10.6 Å². The third kappa shape index (κ3) is 2.31. The summed E-state index contributed by atoms with van der Waals surface area (Å²) in [7, 11) is 0. The third-order valence-electron chi connectivity index (χ3n) is 3.76. The van der Waals surface area contributed by atoms with Gasteiger partial charge in [0.2, 0.25) is 0 Å². The minimum atomic E-state index is -0.297. The van der Waals surface area contributed by atoms with E-state index in [-0.39, 0.29) is 16.7 Å². The molecule has 2 atom stereocenters. The second-order valence-corrected chi connectivity index (χ2v) is 5.08. The van der Waals surface area contributed by atoms with Crippen molar-refractivity contribution in [2.45, 2.75) is 26.3 Å². The fourth-order valence-electron chi connectivity index (χ4n) is 2.45. The Balaban J connectivity index is 2.34. The number of para-hydroxylation sites is 1. The first kappa shape index (κ1) is 12.8. The van der Waals surface area contributed by atoms with Crippen molar-refractivity contribution in [1.82, 2.24) is 0 Å². The van der Waals surface area contributed by atoms with Crippen molar-refractivity contribution in [3.63, 3.8) is 0 Å². The van der Waals surface area contributed by atoms with E-state index in [1.54, 1.807) is 13.0 Å². The highest BCUT2D eigenvalue weighted by Gasteiger charge is 2.28. The second-order valence-electron chi connectivity index (χ2n) is 5.08. The standard InChI is InChI=1S/C13H19N3O2/c1-9-6-7-15(8-11(9)14)12-5-3-4-10(2)13(12)16(17)18/h3-5,9,11H,6-8,14H2,1-2H3. The third-order valence-corrected chi connectivity index (χ3v) is 3.76. The molecule has 1 aliphatic heterocycles. The first-order valence-electron chi connectivity index (χ1n) is 6.25. The number of hydrogen-bond donors (Lipinski definition) is 1. The molecule has 1 aromatic rings. The van der Waals surface area contributed by atoms with Gasteiger partial charge in [-0.2, -0.15) is 0 Å². The summed E-state index contributed by atoms with van der Waals surface area (Å²) >= 11 is 0. The number of nitro groups is 1. The number of nitro benzene ring substituents is 1. The number of rotatable bonds is 2. The van der Waals surface area contributed by atoms with Crippen molar-refractivity contribution in [3.8, 4) is 0 Å². The minimum Gasteiger partial charge on any atom is -0.364 e. The van der Waals surface area contributed by atoms with Gasteiger partial charge in [0.15, 0.2) is 0 Å². The van der Waals surface area contributed by atoms with Gasteiger partial charge in [0.25, 0.3) is 5.69 Å². The van der Waals surface area contributed by atoms with Crippen LogP contribution in [0.3, 0.4) is 0 Å². The molecule has 0 aliphatic carbocycles. The van der Waals surface area contributed by atoms with Crippen LogP contribution in [0, 0.1) is 23.0 Å². The van der Waals surface area contributed by atoms with Crippen LogP contribution in [-0.2, 0) is 0 Å². The average molecular weight is 249 g/mol. The highest BCUT2D eigenvalue weighted by Crippen LogP contribution is 2.33. The molecule has 0 amide bonds. The molecule has 1 aliphatic rings. The summed E-state index contributed by atoms with van der Waals surface area (Å²) < 4.78 is 0. The first-order chi connectivity index (χ1) is 8.50. The van der Waals surface area contributed by atoms with Crippen molar-refractivity contribution < 1.29 is 4.92 Å². The Bertz CT molecular complexity index is 462. The molecule has 0 bridgehead atoms. The summed E-state index contributed by atoms with van der Waals surface area (Å²) in [6, 6.07) is 5.53. The van der Waals surface area contributed by atoms with Gasteiger partial charge in [0, 0.05) is 24.7 Å². The van der Waals surface area contributed by atoms with Gasteiger partial charge in [-0.1, -0.05) is 19.1 Å². The maximum absolute atomic E-state index is 11.2. The van der Waals surface area contributed by atoms with E-state index >= 15 is 0 Å². The number of nitrogens with zero attached hydrogens (tertiary/aromatic N) is 2. The molecule has 2 N–H and O–H groups in total. The Morgan fingerprint density at radius 2 is 2.22 bits per heavy atom. The van der Waals surface area contributed by atoms with E-state index in [1.807, 2.05) is 17.0 Å². The summed E-state index contributed by atoms with van der Waals surface area (Å²) in [5, 5.41) is 11.2. The van der Waals surface area contributed by atoms with Crippen LogP contribution in [0.25, 0.3) is 0 Å². The molecule has 1 fully saturated rings. The van der Waals surface area contributed by atoms with Crippen molar-refractivity contribution in [1.29, 1.82) is 0 Å². The monoisotopic (exact) mass is 249 g/mol. The quantitative estimate of drug-likeness (QED) is 0.643. The lowest BCUT2D eigenvalue weighted by molar-refractivity contribution is -0.384. The molecule has 2 rings (SSSR count). The van der Waals surface area contributed by atoms with Gasteiger partial charge in [-0.05, 0) is 25.3 Å². The van der Waals surface area contributed by atoms with E-state index < -0.39 is 0 Å². The van der Waals surface area contributed by atoms with Crippen LogP contribution in [-0.4, -0.2) is 24.1 Å². The minimum absolute atomic E-state index is 0.0823. The van der Waals surface area contributed by atoms with E-state index in [0.29, 0.717) is 23.7 Å². The number of benzene rings is 1. The molecule has 5 nitrogen and oxygen atoms in total. The molecular formula is C13H19N3O2. The van der Waals surface area contributed by atoms with E-state index in [4.69, 9.17) is 5.73 Å². The SMILES string of the molecule is Cc1cccc(N2CCC(C)C(N)C2)c1[N+](=O)[O-]. The van der Waals surface area contributed by atoms with Gasteiger partial charge in [-0.15, -0.1) is 0 Å². The Morgan fingerprint density at radius 3 is 2.83 bits per heavy atom. The van der Waals surface area contributed by atoms with E-state index in [9.17, 15) is 10.1 Å². The van der Waals surface area contributed by atoms with Crippen molar-refractivity contribution in [3.05, 3.63) is 33.9 Å². The lowest BCUT2D eigenvalue weighted by Gasteiger charge is -2.36. The summed E-state index contributed by atoms with van der Waals surface area (Å²) in [4.78, 5) is 12.9. The van der Waals surface area contributed by atoms with Crippen LogP contribution >= 0.6 is 0 Å². The fourth-order valence-corrected chi connectivity index (χ4v) is 2.45. The van der Waals surface area contributed by atoms with E-state index in [0.717, 1.165) is 13.0 Å². The number of aryl methyl sites for hydroxylation is 1. The highest BCUT2D eigenvalue weighted by molar-refractivity contribution is 5.66. The Labute approximate surface area is 107 Å². The first-order valence-corrected chi connectivity index (χ1v) is 6.25. The van der Waals surface area contributed by atoms with Crippen LogP contribution in [0.4, 0.5) is 11.4 Å². The number of nitrogens with two attached hydrogens (primary N) is 1. The maximum atomic E-state index is 11.2. The smallest absolute Gasteiger partial charge is 0.295 e.